The van der Waals surface area contributed by atoms with E-state index in [9.17, 15) is 4.79 Å². The van der Waals surface area contributed by atoms with Gasteiger partial charge in [-0.05, 0) is 25.1 Å². The molecule has 0 bridgehead atoms. The van der Waals surface area contributed by atoms with Gasteiger partial charge in [-0.1, -0.05) is 11.6 Å². The Morgan fingerprint density at radius 2 is 2.22 bits per heavy atom. The van der Waals surface area contributed by atoms with Crippen molar-refractivity contribution in [1.82, 2.24) is 5.32 Å². The molecule has 1 atom stereocenters. The van der Waals surface area contributed by atoms with Crippen LogP contribution in [0.1, 0.15) is 16.1 Å². The average molecular weight is 249 g/mol. The second-order valence-corrected chi connectivity index (χ2v) is 4.20. The van der Waals surface area contributed by atoms with E-state index in [0.29, 0.717) is 5.58 Å². The van der Waals surface area contributed by atoms with E-state index in [4.69, 9.17) is 14.6 Å². The number of aryl methyl sites for hydroxylation is 1. The van der Waals surface area contributed by atoms with Crippen LogP contribution in [0.15, 0.2) is 28.7 Å². The molecule has 5 heteroatoms. The molecule has 5 nitrogen and oxygen atoms in total. The van der Waals surface area contributed by atoms with Crippen molar-refractivity contribution in [3.63, 3.8) is 0 Å². The number of furan rings is 1. The molecule has 0 aliphatic heterocycles. The summed E-state index contributed by atoms with van der Waals surface area (Å²) in [5.74, 6) is -0.211. The zero-order valence-electron chi connectivity index (χ0n) is 10.0. The van der Waals surface area contributed by atoms with Crippen molar-refractivity contribution < 1.29 is 19.4 Å². The second kappa shape index (κ2) is 5.20. The number of nitrogens with one attached hydrogen (secondary N) is 1. The largest absolute Gasteiger partial charge is 0.451 e. The summed E-state index contributed by atoms with van der Waals surface area (Å²) in [6, 6.07) is 7.30. The van der Waals surface area contributed by atoms with Gasteiger partial charge in [0.05, 0.1) is 12.7 Å². The highest BCUT2D eigenvalue weighted by atomic mass is 16.3. The molecule has 3 N–H and O–H groups in total. The van der Waals surface area contributed by atoms with Crippen LogP contribution < -0.4 is 5.32 Å². The quantitative estimate of drug-likeness (QED) is 0.749. The topological polar surface area (TPSA) is 82.7 Å². The van der Waals surface area contributed by atoms with Crippen molar-refractivity contribution in [2.24, 2.45) is 0 Å². The molecule has 2 aromatic rings. The molecule has 1 aromatic carbocycles. The first kappa shape index (κ1) is 12.6. The first-order valence-electron chi connectivity index (χ1n) is 5.67. The maximum absolute atomic E-state index is 11.7. The molecule has 1 amide bonds. The molecule has 2 rings (SSSR count). The van der Waals surface area contributed by atoms with Crippen LogP contribution in [-0.2, 0) is 0 Å². The Morgan fingerprint density at radius 1 is 1.44 bits per heavy atom. The molecule has 0 spiro atoms. The van der Waals surface area contributed by atoms with Gasteiger partial charge in [0.1, 0.15) is 5.58 Å². The molecule has 0 radical (unpaired) electrons. The van der Waals surface area contributed by atoms with Crippen LogP contribution in [-0.4, -0.2) is 35.4 Å². The minimum atomic E-state index is -0.958. The Balaban J connectivity index is 2.13. The third kappa shape index (κ3) is 2.69. The summed E-state index contributed by atoms with van der Waals surface area (Å²) in [5.41, 5.74) is 1.74. The monoisotopic (exact) mass is 249 g/mol. The van der Waals surface area contributed by atoms with Crippen LogP contribution in [0, 0.1) is 6.92 Å². The van der Waals surface area contributed by atoms with Gasteiger partial charge in [-0.25, -0.2) is 0 Å². The van der Waals surface area contributed by atoms with Crippen LogP contribution >= 0.6 is 0 Å². The molecule has 0 saturated heterocycles. The van der Waals surface area contributed by atoms with Crippen LogP contribution in [0.5, 0.6) is 0 Å². The van der Waals surface area contributed by atoms with Crippen molar-refractivity contribution in [2.75, 3.05) is 13.2 Å². The first-order chi connectivity index (χ1) is 8.60. The number of aliphatic hydroxyl groups is 2. The van der Waals surface area contributed by atoms with E-state index >= 15 is 0 Å². The van der Waals surface area contributed by atoms with Gasteiger partial charge in [-0.15, -0.1) is 0 Å². The molecule has 0 saturated carbocycles. The van der Waals surface area contributed by atoms with E-state index in [0.717, 1.165) is 10.9 Å². The standard InChI is InChI=1S/C13H15NO4/c1-8-2-3-11-9(4-8)5-12(18-11)13(17)14-6-10(16)7-15/h2-5,10,15-16H,6-7H2,1H3,(H,14,17). The van der Waals surface area contributed by atoms with E-state index in [1.807, 2.05) is 25.1 Å². The predicted octanol–water partition coefficient (Wildman–Crippen LogP) is 0.824. The second-order valence-electron chi connectivity index (χ2n) is 4.20. The molecule has 96 valence electrons. The average Bonchev–Trinajstić information content (AvgIpc) is 2.78. The number of amides is 1. The number of hydrogen-bond acceptors (Lipinski definition) is 4. The van der Waals surface area contributed by atoms with Crippen LogP contribution in [0.3, 0.4) is 0 Å². The SMILES string of the molecule is Cc1ccc2oc(C(=O)NCC(O)CO)cc2c1. The zero-order valence-corrected chi connectivity index (χ0v) is 10.0. The molecule has 1 aromatic heterocycles. The molecule has 0 aliphatic carbocycles. The molecule has 1 heterocycles. The summed E-state index contributed by atoms with van der Waals surface area (Å²) < 4.78 is 5.39. The Labute approximate surface area is 104 Å². The van der Waals surface area contributed by atoms with Crippen LogP contribution in [0.2, 0.25) is 0 Å². The lowest BCUT2D eigenvalue weighted by atomic mass is 10.2. The number of fused-ring (bicyclic) bond motifs is 1. The number of benzene rings is 1. The summed E-state index contributed by atoms with van der Waals surface area (Å²) in [7, 11) is 0. The van der Waals surface area contributed by atoms with E-state index in [2.05, 4.69) is 5.32 Å². The fourth-order valence-corrected chi connectivity index (χ4v) is 1.64. The third-order valence-electron chi connectivity index (χ3n) is 2.60. The van der Waals surface area contributed by atoms with Gasteiger partial charge in [0, 0.05) is 11.9 Å². The number of carbonyl (C=O) groups excluding carboxylic acids is 1. The Hall–Kier alpha value is -1.85. The van der Waals surface area contributed by atoms with Crippen molar-refractivity contribution in [1.29, 1.82) is 0 Å². The maximum Gasteiger partial charge on any atom is 0.287 e. The highest BCUT2D eigenvalue weighted by molar-refractivity contribution is 5.96. The minimum absolute atomic E-state index is 0.00853. The number of carbonyl (C=O) groups is 1. The van der Waals surface area contributed by atoms with Gasteiger partial charge in [0.15, 0.2) is 5.76 Å². The van der Waals surface area contributed by atoms with Gasteiger partial charge in [-0.2, -0.15) is 0 Å². The van der Waals surface area contributed by atoms with Crippen LogP contribution in [0.4, 0.5) is 0 Å². The normalized spacial score (nSPS) is 12.6. The number of rotatable bonds is 4. The summed E-state index contributed by atoms with van der Waals surface area (Å²) in [6.07, 6.45) is -0.958. The lowest BCUT2D eigenvalue weighted by Gasteiger charge is -2.06. The highest BCUT2D eigenvalue weighted by Crippen LogP contribution is 2.20. The third-order valence-corrected chi connectivity index (χ3v) is 2.60. The molecule has 1 unspecified atom stereocenters. The van der Waals surface area contributed by atoms with Crippen LogP contribution in [0.25, 0.3) is 11.0 Å². The Bertz CT molecular complexity index is 561. The summed E-state index contributed by atoms with van der Waals surface area (Å²) in [6.45, 7) is 1.56. The summed E-state index contributed by atoms with van der Waals surface area (Å²) >= 11 is 0. The first-order valence-corrected chi connectivity index (χ1v) is 5.67. The lowest BCUT2D eigenvalue weighted by molar-refractivity contribution is 0.0785. The molecule has 0 fully saturated rings. The molecule has 18 heavy (non-hydrogen) atoms. The van der Waals surface area contributed by atoms with Gasteiger partial charge >= 0.3 is 0 Å². The number of aliphatic hydroxyl groups excluding tert-OH is 2. The molecule has 0 aliphatic rings. The van der Waals surface area contributed by atoms with Crippen molar-refractivity contribution in [2.45, 2.75) is 13.0 Å². The van der Waals surface area contributed by atoms with Crippen molar-refractivity contribution in [3.05, 3.63) is 35.6 Å². The van der Waals surface area contributed by atoms with E-state index in [-0.39, 0.29) is 18.9 Å². The fraction of sp³-hybridized carbons (Fsp3) is 0.308. The van der Waals surface area contributed by atoms with Gasteiger partial charge < -0.3 is 19.9 Å². The van der Waals surface area contributed by atoms with Crippen molar-refractivity contribution >= 4 is 16.9 Å². The van der Waals surface area contributed by atoms with Gasteiger partial charge in [0.2, 0.25) is 0 Å². The van der Waals surface area contributed by atoms with Gasteiger partial charge in [0.25, 0.3) is 5.91 Å². The Kier molecular flexibility index (Phi) is 3.64. The zero-order chi connectivity index (χ0) is 13.1. The maximum atomic E-state index is 11.7. The molecular formula is C13H15NO4. The van der Waals surface area contributed by atoms with E-state index in [1.54, 1.807) is 6.07 Å². The fourth-order valence-electron chi connectivity index (χ4n) is 1.64. The summed E-state index contributed by atoms with van der Waals surface area (Å²) in [4.78, 5) is 11.7. The summed E-state index contributed by atoms with van der Waals surface area (Å²) in [5, 5.41) is 21.1. The highest BCUT2D eigenvalue weighted by Gasteiger charge is 2.13. The smallest absolute Gasteiger partial charge is 0.287 e. The lowest BCUT2D eigenvalue weighted by Crippen LogP contribution is -2.33. The van der Waals surface area contributed by atoms with E-state index < -0.39 is 12.0 Å². The predicted molar refractivity (Wildman–Crippen MR) is 66.4 cm³/mol. The Morgan fingerprint density at radius 3 is 2.94 bits per heavy atom. The number of hydrogen-bond donors (Lipinski definition) is 3. The van der Waals surface area contributed by atoms with Crippen molar-refractivity contribution in [3.8, 4) is 0 Å². The van der Waals surface area contributed by atoms with E-state index in [1.165, 1.54) is 0 Å². The van der Waals surface area contributed by atoms with Gasteiger partial charge in [-0.3, -0.25) is 4.79 Å². The minimum Gasteiger partial charge on any atom is -0.451 e. The molecular weight excluding hydrogens is 234 g/mol.